The molecule has 2 radical (unpaired) electrons. The minimum Gasteiger partial charge on any atom is -0.313 e. The molecule has 3 rings (SSSR count). The van der Waals surface area contributed by atoms with Gasteiger partial charge in [0.2, 0.25) is 0 Å². The van der Waals surface area contributed by atoms with E-state index >= 15 is 0 Å². The number of rotatable bonds is 4. The predicted molar refractivity (Wildman–Crippen MR) is 94.7 cm³/mol. The monoisotopic (exact) mass is 306 g/mol. The van der Waals surface area contributed by atoms with Gasteiger partial charge in [0.05, 0.1) is 16.9 Å². The van der Waals surface area contributed by atoms with Gasteiger partial charge in [0.1, 0.15) is 5.52 Å². The first-order chi connectivity index (χ1) is 10.7. The first kappa shape index (κ1) is 14.8. The molecule has 2 heterocycles. The molecule has 4 nitrogen and oxygen atoms in total. The third-order valence-electron chi connectivity index (χ3n) is 3.39. The molecule has 6 heteroatoms. The van der Waals surface area contributed by atoms with Gasteiger partial charge in [0, 0.05) is 11.8 Å². The van der Waals surface area contributed by atoms with E-state index in [4.69, 9.17) is 12.8 Å². The fourth-order valence-corrected chi connectivity index (χ4v) is 2.65. The minimum absolute atomic E-state index is 0.242. The van der Waals surface area contributed by atoms with E-state index in [2.05, 4.69) is 45.9 Å². The number of fused-ring (bicyclic) bond motifs is 1. The molecule has 1 N–H and O–H groups in total. The van der Waals surface area contributed by atoms with Gasteiger partial charge < -0.3 is 4.72 Å². The summed E-state index contributed by atoms with van der Waals surface area (Å²) >= 11 is 1.45. The second kappa shape index (κ2) is 6.36. The Morgan fingerprint density at radius 2 is 2.00 bits per heavy atom. The highest BCUT2D eigenvalue weighted by molar-refractivity contribution is 7.99. The average molecular weight is 306 g/mol. The van der Waals surface area contributed by atoms with Gasteiger partial charge >= 0.3 is 0 Å². The molecule has 0 bridgehead atoms. The van der Waals surface area contributed by atoms with Crippen LogP contribution in [0, 0.1) is 0 Å². The van der Waals surface area contributed by atoms with Crippen molar-refractivity contribution in [2.24, 2.45) is 0 Å². The van der Waals surface area contributed by atoms with Crippen LogP contribution in [0.25, 0.3) is 22.3 Å². The third-order valence-corrected chi connectivity index (χ3v) is 3.79. The van der Waals surface area contributed by atoms with Crippen LogP contribution >= 0.6 is 11.9 Å². The van der Waals surface area contributed by atoms with Crippen LogP contribution < -0.4 is 10.4 Å². The summed E-state index contributed by atoms with van der Waals surface area (Å²) in [5, 5.41) is 0. The number of aromatic nitrogens is 3. The minimum atomic E-state index is 0.242. The van der Waals surface area contributed by atoms with E-state index in [1.165, 1.54) is 17.5 Å². The summed E-state index contributed by atoms with van der Waals surface area (Å²) in [4.78, 5) is 13.2. The zero-order chi connectivity index (χ0) is 15.5. The lowest BCUT2D eigenvalue weighted by Crippen LogP contribution is -2.15. The highest BCUT2D eigenvalue weighted by atomic mass is 32.2. The molecule has 108 valence electrons. The van der Waals surface area contributed by atoms with E-state index < -0.39 is 0 Å². The molecule has 0 atom stereocenters. The summed E-state index contributed by atoms with van der Waals surface area (Å²) in [5.41, 5.74) is 4.98. The number of pyridine rings is 1. The van der Waals surface area contributed by atoms with Crippen LogP contribution in [-0.4, -0.2) is 29.1 Å². The maximum absolute atomic E-state index is 5.74. The van der Waals surface area contributed by atoms with Crippen LogP contribution in [0.1, 0.15) is 12.5 Å². The Hall–Kier alpha value is -2.08. The Morgan fingerprint density at radius 1 is 1.14 bits per heavy atom. The second-order valence-electron chi connectivity index (χ2n) is 4.85. The summed E-state index contributed by atoms with van der Waals surface area (Å²) < 4.78 is 3.12. The fraction of sp³-hybridized carbons (Fsp3) is 0.188. The molecule has 0 saturated heterocycles. The summed E-state index contributed by atoms with van der Waals surface area (Å²) in [5.74, 6) is 0.642. The molecule has 0 aliphatic rings. The number of benzene rings is 1. The van der Waals surface area contributed by atoms with Crippen LogP contribution in [0.5, 0.6) is 0 Å². The Kier molecular flexibility index (Phi) is 4.29. The van der Waals surface area contributed by atoms with Gasteiger partial charge in [-0.05, 0) is 30.2 Å². The van der Waals surface area contributed by atoms with E-state index in [9.17, 15) is 0 Å². The van der Waals surface area contributed by atoms with Gasteiger partial charge in [-0.1, -0.05) is 37.1 Å². The van der Waals surface area contributed by atoms with Gasteiger partial charge in [-0.25, -0.2) is 15.0 Å². The highest BCUT2D eigenvalue weighted by Gasteiger charge is 2.09. The molecular weight excluding hydrogens is 291 g/mol. The normalized spacial score (nSPS) is 10.8. The predicted octanol–water partition coefficient (Wildman–Crippen LogP) is 2.74. The van der Waals surface area contributed by atoms with Crippen molar-refractivity contribution in [1.82, 2.24) is 15.0 Å². The van der Waals surface area contributed by atoms with Crippen molar-refractivity contribution in [2.45, 2.75) is 13.3 Å². The number of hydrogen-bond acceptors (Lipinski definition) is 5. The summed E-state index contributed by atoms with van der Waals surface area (Å²) in [7, 11) is 5.74. The average Bonchev–Trinajstić information content (AvgIpc) is 2.55. The van der Waals surface area contributed by atoms with Crippen molar-refractivity contribution in [3.05, 3.63) is 42.0 Å². The molecule has 0 aliphatic carbocycles. The number of nitrogens with one attached hydrogen (secondary N) is 1. The van der Waals surface area contributed by atoms with Gasteiger partial charge in [-0.3, -0.25) is 0 Å². The van der Waals surface area contributed by atoms with E-state index in [-0.39, 0.29) is 5.72 Å². The Labute approximate surface area is 135 Å². The van der Waals surface area contributed by atoms with Gasteiger partial charge in [0.25, 0.3) is 0 Å². The SMILES string of the molecule is [B]c1nc(NSC)c2nc(-c3cccc(CC)c3)ccc2n1. The lowest BCUT2D eigenvalue weighted by atomic mass is 10.1. The van der Waals surface area contributed by atoms with E-state index in [0.717, 1.165) is 28.7 Å². The maximum Gasteiger partial charge on any atom is 0.170 e. The summed E-state index contributed by atoms with van der Waals surface area (Å²) in [6.45, 7) is 2.14. The quantitative estimate of drug-likeness (QED) is 0.593. The first-order valence-electron chi connectivity index (χ1n) is 7.04. The smallest absolute Gasteiger partial charge is 0.170 e. The van der Waals surface area contributed by atoms with E-state index in [0.29, 0.717) is 5.82 Å². The zero-order valence-corrected chi connectivity index (χ0v) is 13.3. The van der Waals surface area contributed by atoms with Crippen molar-refractivity contribution >= 4 is 42.4 Å². The molecule has 0 fully saturated rings. The Morgan fingerprint density at radius 3 is 2.77 bits per heavy atom. The van der Waals surface area contributed by atoms with Gasteiger partial charge in [-0.15, -0.1) is 0 Å². The van der Waals surface area contributed by atoms with Crippen LogP contribution in [-0.2, 0) is 6.42 Å². The maximum atomic E-state index is 5.74. The second-order valence-corrected chi connectivity index (χ2v) is 5.47. The van der Waals surface area contributed by atoms with Gasteiger partial charge in [0.15, 0.2) is 13.7 Å². The van der Waals surface area contributed by atoms with E-state index in [1.807, 2.05) is 18.4 Å². The highest BCUT2D eigenvalue weighted by Crippen LogP contribution is 2.24. The molecule has 1 aromatic carbocycles. The van der Waals surface area contributed by atoms with Gasteiger partial charge in [-0.2, -0.15) is 0 Å². The molecule has 0 spiro atoms. The van der Waals surface area contributed by atoms with Crippen molar-refractivity contribution < 1.29 is 0 Å². The van der Waals surface area contributed by atoms with E-state index in [1.54, 1.807) is 0 Å². The summed E-state index contributed by atoms with van der Waals surface area (Å²) in [6, 6.07) is 12.3. The van der Waals surface area contributed by atoms with Crippen molar-refractivity contribution in [1.29, 1.82) is 0 Å². The number of hydrogen-bond donors (Lipinski definition) is 1. The van der Waals surface area contributed by atoms with Crippen LogP contribution in [0.4, 0.5) is 5.82 Å². The van der Waals surface area contributed by atoms with Crippen molar-refractivity contribution in [3.63, 3.8) is 0 Å². The fourth-order valence-electron chi connectivity index (χ4n) is 2.31. The standard InChI is InChI=1S/C16H15BN4S/c1-3-10-5-4-6-11(9-10)12-7-8-13-14(18-12)15(21-22-2)20-16(17)19-13/h4-9H,3H2,1-2H3,(H,19,20,21). The van der Waals surface area contributed by atoms with Crippen LogP contribution in [0.3, 0.4) is 0 Å². The molecule has 0 saturated carbocycles. The summed E-state index contributed by atoms with van der Waals surface area (Å²) in [6.07, 6.45) is 2.93. The lowest BCUT2D eigenvalue weighted by Gasteiger charge is -2.09. The van der Waals surface area contributed by atoms with Crippen LogP contribution in [0.15, 0.2) is 36.4 Å². The largest absolute Gasteiger partial charge is 0.313 e. The Bertz CT molecular complexity index is 822. The molecule has 2 aromatic heterocycles. The topological polar surface area (TPSA) is 50.7 Å². The molecule has 0 aliphatic heterocycles. The number of nitrogens with zero attached hydrogens (tertiary/aromatic N) is 3. The number of aryl methyl sites for hydroxylation is 1. The first-order valence-corrected chi connectivity index (χ1v) is 8.26. The third kappa shape index (κ3) is 2.92. The zero-order valence-electron chi connectivity index (χ0n) is 12.5. The molecule has 0 amide bonds. The van der Waals surface area contributed by atoms with Crippen molar-refractivity contribution in [2.75, 3.05) is 11.0 Å². The number of anilines is 1. The van der Waals surface area contributed by atoms with Crippen molar-refractivity contribution in [3.8, 4) is 11.3 Å². The Balaban J connectivity index is 2.15. The lowest BCUT2D eigenvalue weighted by molar-refractivity contribution is 1.14. The molecule has 0 unspecified atom stereocenters. The molecular formula is C16H15BN4S. The molecule has 22 heavy (non-hydrogen) atoms. The molecule has 3 aromatic rings. The van der Waals surface area contributed by atoms with Crippen LogP contribution in [0.2, 0.25) is 0 Å².